The number of hydrogen-bond acceptors (Lipinski definition) is 2. The van der Waals surface area contributed by atoms with E-state index in [9.17, 15) is 22.4 Å². The minimum absolute atomic E-state index is 0.0866. The standard InChI is InChI=1S/C13H12F4O2/c1-7-4-9(6-19-7)12(18)8-2-3-11(14)10(5-8)13(15,16)17/h2-3,5,7,9H,4,6H2,1H3. The molecule has 1 saturated heterocycles. The fourth-order valence-corrected chi connectivity index (χ4v) is 2.13. The summed E-state index contributed by atoms with van der Waals surface area (Å²) in [5.41, 5.74) is -1.54. The number of ether oxygens (including phenoxy) is 1. The zero-order valence-electron chi connectivity index (χ0n) is 10.1. The molecule has 1 aliphatic heterocycles. The summed E-state index contributed by atoms with van der Waals surface area (Å²) in [6.07, 6.45) is -4.42. The largest absolute Gasteiger partial charge is 0.419 e. The molecule has 1 aliphatic rings. The van der Waals surface area contributed by atoms with E-state index in [1.54, 1.807) is 6.92 Å². The Labute approximate surface area is 107 Å². The zero-order valence-corrected chi connectivity index (χ0v) is 10.1. The predicted octanol–water partition coefficient (Wildman–Crippen LogP) is 3.45. The molecule has 0 bridgehead atoms. The van der Waals surface area contributed by atoms with Crippen LogP contribution in [0.15, 0.2) is 18.2 Å². The molecule has 1 heterocycles. The lowest BCUT2D eigenvalue weighted by Crippen LogP contribution is -2.17. The first-order valence-electron chi connectivity index (χ1n) is 5.81. The van der Waals surface area contributed by atoms with Gasteiger partial charge in [0.2, 0.25) is 0 Å². The van der Waals surface area contributed by atoms with Crippen LogP contribution in [-0.4, -0.2) is 18.5 Å². The highest BCUT2D eigenvalue weighted by atomic mass is 19.4. The van der Waals surface area contributed by atoms with Gasteiger partial charge in [0.1, 0.15) is 5.82 Å². The first kappa shape index (κ1) is 14.0. The van der Waals surface area contributed by atoms with E-state index < -0.39 is 29.3 Å². The third kappa shape index (κ3) is 2.94. The van der Waals surface area contributed by atoms with Crippen molar-refractivity contribution in [2.75, 3.05) is 6.61 Å². The second-order valence-electron chi connectivity index (χ2n) is 4.63. The highest BCUT2D eigenvalue weighted by Crippen LogP contribution is 2.33. The van der Waals surface area contributed by atoms with Crippen molar-refractivity contribution in [3.8, 4) is 0 Å². The maximum Gasteiger partial charge on any atom is 0.419 e. The zero-order chi connectivity index (χ0) is 14.2. The van der Waals surface area contributed by atoms with Gasteiger partial charge in [0, 0.05) is 11.5 Å². The summed E-state index contributed by atoms with van der Waals surface area (Å²) in [5, 5.41) is 0. The Morgan fingerprint density at radius 2 is 2.05 bits per heavy atom. The molecule has 104 valence electrons. The van der Waals surface area contributed by atoms with Crippen LogP contribution in [0.25, 0.3) is 0 Å². The molecule has 0 aliphatic carbocycles. The first-order valence-corrected chi connectivity index (χ1v) is 5.81. The molecule has 2 rings (SSSR count). The van der Waals surface area contributed by atoms with Crippen LogP contribution < -0.4 is 0 Å². The number of ketones is 1. The van der Waals surface area contributed by atoms with Gasteiger partial charge >= 0.3 is 6.18 Å². The molecule has 0 saturated carbocycles. The lowest BCUT2D eigenvalue weighted by atomic mass is 9.94. The summed E-state index contributed by atoms with van der Waals surface area (Å²) in [5.74, 6) is -2.27. The number of Topliss-reactive ketones (excluding diaryl/α,β-unsaturated/α-hetero) is 1. The van der Waals surface area contributed by atoms with Gasteiger partial charge in [-0.05, 0) is 31.5 Å². The molecule has 0 radical (unpaired) electrons. The molecule has 19 heavy (non-hydrogen) atoms. The molecule has 1 aromatic carbocycles. The van der Waals surface area contributed by atoms with Gasteiger partial charge in [0.25, 0.3) is 0 Å². The van der Waals surface area contributed by atoms with Crippen molar-refractivity contribution in [1.82, 2.24) is 0 Å². The maximum atomic E-state index is 13.1. The highest BCUT2D eigenvalue weighted by molar-refractivity contribution is 5.98. The molecule has 0 amide bonds. The van der Waals surface area contributed by atoms with Crippen molar-refractivity contribution >= 4 is 5.78 Å². The summed E-state index contributed by atoms with van der Waals surface area (Å²) in [7, 11) is 0. The van der Waals surface area contributed by atoms with Crippen LogP contribution in [0.2, 0.25) is 0 Å². The van der Waals surface area contributed by atoms with Crippen LogP contribution in [-0.2, 0) is 10.9 Å². The molecule has 0 spiro atoms. The average Bonchev–Trinajstić information content (AvgIpc) is 2.74. The number of benzene rings is 1. The number of carbonyl (C=O) groups excluding carboxylic acids is 1. The fourth-order valence-electron chi connectivity index (χ4n) is 2.13. The Balaban J connectivity index is 2.28. The fraction of sp³-hybridized carbons (Fsp3) is 0.462. The van der Waals surface area contributed by atoms with Gasteiger partial charge in [0.15, 0.2) is 5.78 Å². The molecule has 6 heteroatoms. The van der Waals surface area contributed by atoms with Crippen molar-refractivity contribution in [2.24, 2.45) is 5.92 Å². The van der Waals surface area contributed by atoms with E-state index in [4.69, 9.17) is 4.74 Å². The van der Waals surface area contributed by atoms with Crippen molar-refractivity contribution in [1.29, 1.82) is 0 Å². The molecule has 1 aromatic rings. The van der Waals surface area contributed by atoms with Gasteiger partial charge < -0.3 is 4.74 Å². The molecule has 0 aromatic heterocycles. The van der Waals surface area contributed by atoms with E-state index in [1.807, 2.05) is 0 Å². The van der Waals surface area contributed by atoms with E-state index in [0.717, 1.165) is 6.07 Å². The van der Waals surface area contributed by atoms with Gasteiger partial charge in [-0.1, -0.05) is 0 Å². The smallest absolute Gasteiger partial charge is 0.378 e. The summed E-state index contributed by atoms with van der Waals surface area (Å²) in [4.78, 5) is 12.0. The minimum Gasteiger partial charge on any atom is -0.378 e. The van der Waals surface area contributed by atoms with Gasteiger partial charge in [-0.25, -0.2) is 4.39 Å². The Bertz CT molecular complexity index is 496. The van der Waals surface area contributed by atoms with Crippen LogP contribution >= 0.6 is 0 Å². The topological polar surface area (TPSA) is 26.3 Å². The number of halogens is 4. The molecular weight excluding hydrogens is 264 g/mol. The summed E-state index contributed by atoms with van der Waals surface area (Å²) in [6, 6.07) is 2.33. The summed E-state index contributed by atoms with van der Waals surface area (Å²) >= 11 is 0. The number of alkyl halides is 3. The van der Waals surface area contributed by atoms with Gasteiger partial charge in [-0.3, -0.25) is 4.79 Å². The Morgan fingerprint density at radius 1 is 1.37 bits per heavy atom. The Kier molecular flexibility index (Phi) is 3.62. The monoisotopic (exact) mass is 276 g/mol. The van der Waals surface area contributed by atoms with E-state index in [1.165, 1.54) is 0 Å². The predicted molar refractivity (Wildman–Crippen MR) is 59.3 cm³/mol. The van der Waals surface area contributed by atoms with Crippen LogP contribution in [0, 0.1) is 11.7 Å². The van der Waals surface area contributed by atoms with Crippen molar-refractivity contribution < 1.29 is 27.1 Å². The van der Waals surface area contributed by atoms with E-state index >= 15 is 0 Å². The van der Waals surface area contributed by atoms with Crippen LogP contribution in [0.3, 0.4) is 0 Å². The molecule has 2 unspecified atom stereocenters. The Morgan fingerprint density at radius 3 is 2.58 bits per heavy atom. The third-order valence-corrected chi connectivity index (χ3v) is 3.13. The minimum atomic E-state index is -4.81. The first-order chi connectivity index (χ1) is 8.79. The third-order valence-electron chi connectivity index (χ3n) is 3.13. The maximum absolute atomic E-state index is 13.1. The average molecular weight is 276 g/mol. The lowest BCUT2D eigenvalue weighted by molar-refractivity contribution is -0.140. The number of rotatable bonds is 2. The SMILES string of the molecule is CC1CC(C(=O)c2ccc(F)c(C(F)(F)F)c2)CO1. The number of carbonyl (C=O) groups is 1. The van der Waals surface area contributed by atoms with Crippen LogP contribution in [0.5, 0.6) is 0 Å². The molecule has 1 fully saturated rings. The number of hydrogen-bond donors (Lipinski definition) is 0. The van der Waals surface area contributed by atoms with Crippen molar-refractivity contribution in [3.05, 3.63) is 35.1 Å². The van der Waals surface area contributed by atoms with Crippen LogP contribution in [0.1, 0.15) is 29.3 Å². The highest BCUT2D eigenvalue weighted by Gasteiger charge is 2.36. The van der Waals surface area contributed by atoms with Gasteiger partial charge in [0.05, 0.1) is 18.3 Å². The quantitative estimate of drug-likeness (QED) is 0.611. The van der Waals surface area contributed by atoms with E-state index in [-0.39, 0.29) is 18.3 Å². The molecule has 0 N–H and O–H groups in total. The van der Waals surface area contributed by atoms with Crippen molar-refractivity contribution in [2.45, 2.75) is 25.6 Å². The summed E-state index contributed by atoms with van der Waals surface area (Å²) < 4.78 is 56.0. The second kappa shape index (κ2) is 4.92. The lowest BCUT2D eigenvalue weighted by Gasteiger charge is -2.11. The van der Waals surface area contributed by atoms with E-state index in [0.29, 0.717) is 18.6 Å². The normalized spacial score (nSPS) is 23.6. The van der Waals surface area contributed by atoms with Crippen LogP contribution in [0.4, 0.5) is 17.6 Å². The van der Waals surface area contributed by atoms with Gasteiger partial charge in [-0.2, -0.15) is 13.2 Å². The molecule has 2 atom stereocenters. The second-order valence-corrected chi connectivity index (χ2v) is 4.63. The van der Waals surface area contributed by atoms with E-state index in [2.05, 4.69) is 0 Å². The summed E-state index contributed by atoms with van der Waals surface area (Å²) in [6.45, 7) is 1.98. The van der Waals surface area contributed by atoms with Crippen molar-refractivity contribution in [3.63, 3.8) is 0 Å². The molecular formula is C13H12F4O2. The van der Waals surface area contributed by atoms with Gasteiger partial charge in [-0.15, -0.1) is 0 Å². The Hall–Kier alpha value is -1.43. The molecule has 2 nitrogen and oxygen atoms in total.